The third-order valence-corrected chi connectivity index (χ3v) is 4.93. The summed E-state index contributed by atoms with van der Waals surface area (Å²) in [5.74, 6) is 0.948. The second-order valence-corrected chi connectivity index (χ2v) is 6.58. The average molecular weight is 317 g/mol. The molecule has 2 aliphatic heterocycles. The van der Waals surface area contributed by atoms with E-state index in [1.807, 2.05) is 36.9 Å². The van der Waals surface area contributed by atoms with Gasteiger partial charge in [-0.25, -0.2) is 0 Å². The van der Waals surface area contributed by atoms with Crippen molar-refractivity contribution in [2.24, 2.45) is 0 Å². The van der Waals surface area contributed by atoms with E-state index in [1.54, 1.807) is 0 Å². The van der Waals surface area contributed by atoms with Crippen LogP contribution in [0.3, 0.4) is 0 Å². The number of amides is 1. The van der Waals surface area contributed by atoms with E-state index < -0.39 is 0 Å². The third kappa shape index (κ3) is 3.85. The second-order valence-electron chi connectivity index (χ2n) is 6.58. The maximum absolute atomic E-state index is 12.4. The van der Waals surface area contributed by atoms with Crippen LogP contribution in [0.1, 0.15) is 17.5 Å². The predicted molar refractivity (Wildman–Crippen MR) is 90.8 cm³/mol. The van der Waals surface area contributed by atoms with Gasteiger partial charge in [-0.3, -0.25) is 9.69 Å². The van der Waals surface area contributed by atoms with Crippen LogP contribution in [0, 0.1) is 13.8 Å². The Morgan fingerprint density at radius 3 is 2.61 bits per heavy atom. The molecule has 1 atom stereocenters. The highest BCUT2D eigenvalue weighted by molar-refractivity contribution is 5.78. The van der Waals surface area contributed by atoms with Crippen molar-refractivity contribution in [3.05, 3.63) is 29.3 Å². The van der Waals surface area contributed by atoms with Gasteiger partial charge < -0.3 is 15.0 Å². The fraction of sp³-hybridized carbons (Fsp3) is 0.611. The van der Waals surface area contributed by atoms with Crippen molar-refractivity contribution in [3.8, 4) is 5.75 Å². The van der Waals surface area contributed by atoms with Crippen LogP contribution in [0.2, 0.25) is 0 Å². The van der Waals surface area contributed by atoms with Crippen LogP contribution in [-0.4, -0.2) is 67.6 Å². The van der Waals surface area contributed by atoms with Gasteiger partial charge in [0.2, 0.25) is 0 Å². The van der Waals surface area contributed by atoms with E-state index in [-0.39, 0.29) is 12.5 Å². The first-order valence-corrected chi connectivity index (χ1v) is 8.56. The Balaban J connectivity index is 1.51. The van der Waals surface area contributed by atoms with Crippen molar-refractivity contribution in [1.29, 1.82) is 0 Å². The number of nitrogens with zero attached hydrogens (tertiary/aromatic N) is 2. The minimum absolute atomic E-state index is 0.102. The molecule has 1 aromatic rings. The van der Waals surface area contributed by atoms with Gasteiger partial charge in [-0.2, -0.15) is 0 Å². The van der Waals surface area contributed by atoms with Crippen LogP contribution in [0.4, 0.5) is 0 Å². The van der Waals surface area contributed by atoms with Crippen molar-refractivity contribution in [3.63, 3.8) is 0 Å². The first-order valence-electron chi connectivity index (χ1n) is 8.56. The molecule has 1 aromatic carbocycles. The molecular formula is C18H27N3O2. The van der Waals surface area contributed by atoms with E-state index >= 15 is 0 Å². The van der Waals surface area contributed by atoms with Crippen molar-refractivity contribution in [2.45, 2.75) is 26.3 Å². The first-order chi connectivity index (χ1) is 11.1. The Morgan fingerprint density at radius 2 is 1.91 bits per heavy atom. The Hall–Kier alpha value is -1.59. The SMILES string of the molecule is Cc1cccc(C)c1OCC(=O)N1CCC(N2CCNCC2)C1. The van der Waals surface area contributed by atoms with E-state index in [0.29, 0.717) is 6.04 Å². The molecule has 1 unspecified atom stereocenters. The van der Waals surface area contributed by atoms with Crippen molar-refractivity contribution in [2.75, 3.05) is 45.9 Å². The number of piperazine rings is 1. The summed E-state index contributed by atoms with van der Waals surface area (Å²) >= 11 is 0. The summed E-state index contributed by atoms with van der Waals surface area (Å²) in [5.41, 5.74) is 2.16. The summed E-state index contributed by atoms with van der Waals surface area (Å²) in [6.45, 7) is 10.2. The molecule has 0 spiro atoms. The van der Waals surface area contributed by atoms with Gasteiger partial charge in [-0.1, -0.05) is 18.2 Å². The van der Waals surface area contributed by atoms with E-state index in [2.05, 4.69) is 10.2 Å². The van der Waals surface area contributed by atoms with Crippen molar-refractivity contribution in [1.82, 2.24) is 15.1 Å². The van der Waals surface area contributed by atoms with Gasteiger partial charge in [0.05, 0.1) is 0 Å². The molecule has 2 fully saturated rings. The number of benzene rings is 1. The average Bonchev–Trinajstić information content (AvgIpc) is 3.05. The number of rotatable bonds is 4. The fourth-order valence-corrected chi connectivity index (χ4v) is 3.57. The molecule has 126 valence electrons. The summed E-state index contributed by atoms with van der Waals surface area (Å²) < 4.78 is 5.81. The normalized spacial score (nSPS) is 22.3. The van der Waals surface area contributed by atoms with E-state index in [1.165, 1.54) is 0 Å². The molecule has 23 heavy (non-hydrogen) atoms. The maximum atomic E-state index is 12.4. The number of nitrogens with one attached hydrogen (secondary N) is 1. The second kappa shape index (κ2) is 7.32. The van der Waals surface area contributed by atoms with Gasteiger partial charge in [-0.15, -0.1) is 0 Å². The molecule has 2 heterocycles. The molecule has 0 saturated carbocycles. The lowest BCUT2D eigenvalue weighted by Crippen LogP contribution is -2.49. The molecule has 1 N–H and O–H groups in total. The van der Waals surface area contributed by atoms with Gasteiger partial charge in [-0.05, 0) is 31.4 Å². The van der Waals surface area contributed by atoms with Gasteiger partial charge in [0, 0.05) is 45.3 Å². The van der Waals surface area contributed by atoms with Crippen LogP contribution >= 0.6 is 0 Å². The Kier molecular flexibility index (Phi) is 5.18. The van der Waals surface area contributed by atoms with E-state index in [0.717, 1.165) is 62.6 Å². The smallest absolute Gasteiger partial charge is 0.260 e. The van der Waals surface area contributed by atoms with Crippen LogP contribution < -0.4 is 10.1 Å². The number of hydrogen-bond donors (Lipinski definition) is 1. The van der Waals surface area contributed by atoms with Gasteiger partial charge >= 0.3 is 0 Å². The van der Waals surface area contributed by atoms with Gasteiger partial charge in [0.15, 0.2) is 6.61 Å². The van der Waals surface area contributed by atoms with Crippen LogP contribution in [0.15, 0.2) is 18.2 Å². The molecule has 2 saturated heterocycles. The summed E-state index contributed by atoms with van der Waals surface area (Å²) in [5, 5.41) is 3.38. The lowest BCUT2D eigenvalue weighted by molar-refractivity contribution is -0.132. The molecule has 0 radical (unpaired) electrons. The standard InChI is InChI=1S/C18H27N3O2/c1-14-4-3-5-15(2)18(14)23-13-17(22)21-9-6-16(12-21)20-10-7-19-8-11-20/h3-5,16,19H,6-13H2,1-2H3. The largest absolute Gasteiger partial charge is 0.483 e. The molecule has 1 amide bonds. The van der Waals surface area contributed by atoms with Crippen LogP contribution in [0.5, 0.6) is 5.75 Å². The predicted octanol–water partition coefficient (Wildman–Crippen LogP) is 1.19. The molecule has 2 aliphatic rings. The van der Waals surface area contributed by atoms with Crippen molar-refractivity contribution < 1.29 is 9.53 Å². The molecule has 0 bridgehead atoms. The fourth-order valence-electron chi connectivity index (χ4n) is 3.57. The quantitative estimate of drug-likeness (QED) is 0.906. The van der Waals surface area contributed by atoms with Gasteiger partial charge in [0.25, 0.3) is 5.91 Å². The lowest BCUT2D eigenvalue weighted by Gasteiger charge is -2.32. The Bertz CT molecular complexity index is 535. The number of ether oxygens (including phenoxy) is 1. The first kappa shape index (κ1) is 16.3. The topological polar surface area (TPSA) is 44.8 Å². The molecule has 5 heteroatoms. The Morgan fingerprint density at radius 1 is 1.22 bits per heavy atom. The number of carbonyl (C=O) groups excluding carboxylic acids is 1. The minimum atomic E-state index is 0.102. The molecule has 0 aliphatic carbocycles. The summed E-state index contributed by atoms with van der Waals surface area (Å²) in [7, 11) is 0. The molecule has 5 nitrogen and oxygen atoms in total. The highest BCUT2D eigenvalue weighted by Crippen LogP contribution is 2.23. The number of carbonyl (C=O) groups is 1. The molecule has 0 aromatic heterocycles. The number of hydrogen-bond acceptors (Lipinski definition) is 4. The molecular weight excluding hydrogens is 290 g/mol. The van der Waals surface area contributed by atoms with Gasteiger partial charge in [0.1, 0.15) is 5.75 Å². The monoisotopic (exact) mass is 317 g/mol. The summed E-state index contributed by atoms with van der Waals surface area (Å²) in [6.07, 6.45) is 1.08. The highest BCUT2D eigenvalue weighted by Gasteiger charge is 2.31. The van der Waals surface area contributed by atoms with Crippen LogP contribution in [-0.2, 0) is 4.79 Å². The number of likely N-dealkylation sites (tertiary alicyclic amines) is 1. The van der Waals surface area contributed by atoms with Crippen LogP contribution in [0.25, 0.3) is 0 Å². The van der Waals surface area contributed by atoms with Crippen molar-refractivity contribution >= 4 is 5.91 Å². The lowest BCUT2D eigenvalue weighted by atomic mass is 10.1. The van der Waals surface area contributed by atoms with E-state index in [9.17, 15) is 4.79 Å². The summed E-state index contributed by atoms with van der Waals surface area (Å²) in [6, 6.07) is 6.56. The summed E-state index contributed by atoms with van der Waals surface area (Å²) in [4.78, 5) is 16.9. The zero-order valence-corrected chi connectivity index (χ0v) is 14.2. The Labute approximate surface area is 138 Å². The molecule has 3 rings (SSSR count). The highest BCUT2D eigenvalue weighted by atomic mass is 16.5. The number of para-hydroxylation sites is 1. The zero-order valence-electron chi connectivity index (χ0n) is 14.2. The number of aryl methyl sites for hydroxylation is 2. The third-order valence-electron chi connectivity index (χ3n) is 4.93. The maximum Gasteiger partial charge on any atom is 0.260 e. The van der Waals surface area contributed by atoms with E-state index in [4.69, 9.17) is 4.74 Å². The zero-order chi connectivity index (χ0) is 16.2. The minimum Gasteiger partial charge on any atom is -0.483 e.